The first-order valence-corrected chi connectivity index (χ1v) is 9.22. The third kappa shape index (κ3) is 3.85. The van der Waals surface area contributed by atoms with Crippen LogP contribution in [0.4, 0.5) is 0 Å². The van der Waals surface area contributed by atoms with Crippen LogP contribution >= 0.6 is 11.8 Å². The Morgan fingerprint density at radius 2 is 2.22 bits per heavy atom. The summed E-state index contributed by atoms with van der Waals surface area (Å²) in [7, 11) is 0. The molecule has 0 radical (unpaired) electrons. The molecule has 0 unspecified atom stereocenters. The number of aromatic nitrogens is 1. The number of pyridine rings is 1. The molecule has 0 spiro atoms. The number of hydrogen-bond donors (Lipinski definition) is 2. The first-order valence-electron chi connectivity index (χ1n) is 8.07. The molecule has 1 aromatic carbocycles. The molecule has 1 aromatic heterocycles. The summed E-state index contributed by atoms with van der Waals surface area (Å²) in [5, 5.41) is 13.8. The fraction of sp³-hybridized carbons (Fsp3) is 0.444. The standard InChI is InChI=1S/C18H22N2O2S/c1-2-23-11-17(22)20-18(13-8-15(21)9-13)14-7-12-5-3-4-6-16(12)19-10-14/h3-7,10,13,15,18,21H,2,8-9,11H2,1H3,(H,20,22)/t13?,15?,18-/m1/s1. The van der Waals surface area contributed by atoms with Gasteiger partial charge in [-0.3, -0.25) is 9.78 Å². The molecule has 3 rings (SSSR count). The number of benzene rings is 1. The van der Waals surface area contributed by atoms with Crippen molar-refractivity contribution in [3.8, 4) is 0 Å². The molecule has 122 valence electrons. The molecule has 0 aliphatic heterocycles. The van der Waals surface area contributed by atoms with E-state index in [0.717, 1.165) is 35.1 Å². The van der Waals surface area contributed by atoms with E-state index in [1.165, 1.54) is 0 Å². The second-order valence-electron chi connectivity index (χ2n) is 6.03. The van der Waals surface area contributed by atoms with Gasteiger partial charge >= 0.3 is 0 Å². The minimum absolute atomic E-state index is 0.0522. The number of carbonyl (C=O) groups excluding carboxylic acids is 1. The molecule has 2 N–H and O–H groups in total. The SMILES string of the molecule is CCSCC(=O)N[C@@H](c1cnc2ccccc2c1)C1CC(O)C1. The largest absolute Gasteiger partial charge is 0.393 e. The molecule has 1 fully saturated rings. The third-order valence-corrected chi connectivity index (χ3v) is 5.22. The van der Waals surface area contributed by atoms with E-state index in [0.29, 0.717) is 5.75 Å². The fourth-order valence-corrected chi connectivity index (χ4v) is 3.52. The highest BCUT2D eigenvalue weighted by Crippen LogP contribution is 2.38. The molecular weight excluding hydrogens is 308 g/mol. The van der Waals surface area contributed by atoms with Crippen LogP contribution in [0.2, 0.25) is 0 Å². The van der Waals surface area contributed by atoms with Crippen molar-refractivity contribution in [2.75, 3.05) is 11.5 Å². The molecule has 23 heavy (non-hydrogen) atoms. The Labute approximate surface area is 140 Å². The molecule has 0 saturated heterocycles. The van der Waals surface area contributed by atoms with Gasteiger partial charge in [-0.05, 0) is 42.2 Å². The molecule has 4 nitrogen and oxygen atoms in total. The van der Waals surface area contributed by atoms with E-state index in [2.05, 4.69) is 16.4 Å². The van der Waals surface area contributed by atoms with Crippen LogP contribution in [0.25, 0.3) is 10.9 Å². The van der Waals surface area contributed by atoms with Crippen LogP contribution in [0, 0.1) is 5.92 Å². The Hall–Kier alpha value is -1.59. The fourth-order valence-electron chi connectivity index (χ4n) is 3.04. The predicted octanol–water partition coefficient (Wildman–Crippen LogP) is 2.92. The normalized spacial score (nSPS) is 21.7. The van der Waals surface area contributed by atoms with Crippen LogP contribution in [0.1, 0.15) is 31.4 Å². The second-order valence-corrected chi connectivity index (χ2v) is 7.30. The number of aliphatic hydroxyl groups excluding tert-OH is 1. The Morgan fingerprint density at radius 1 is 1.43 bits per heavy atom. The minimum atomic E-state index is -0.238. The minimum Gasteiger partial charge on any atom is -0.393 e. The summed E-state index contributed by atoms with van der Waals surface area (Å²) < 4.78 is 0. The smallest absolute Gasteiger partial charge is 0.230 e. The van der Waals surface area contributed by atoms with E-state index in [4.69, 9.17) is 0 Å². The van der Waals surface area contributed by atoms with Crippen LogP contribution in [-0.4, -0.2) is 33.6 Å². The first-order chi connectivity index (χ1) is 11.2. The number of para-hydroxylation sites is 1. The predicted molar refractivity (Wildman–Crippen MR) is 94.4 cm³/mol. The summed E-state index contributed by atoms with van der Waals surface area (Å²) in [4.78, 5) is 16.7. The Balaban J connectivity index is 1.82. The summed E-state index contributed by atoms with van der Waals surface area (Å²) in [5.74, 6) is 1.74. The monoisotopic (exact) mass is 330 g/mol. The maximum absolute atomic E-state index is 12.2. The van der Waals surface area contributed by atoms with Gasteiger partial charge in [0, 0.05) is 11.6 Å². The summed E-state index contributed by atoms with van der Waals surface area (Å²) >= 11 is 1.62. The zero-order valence-electron chi connectivity index (χ0n) is 13.2. The number of aliphatic hydroxyl groups is 1. The molecule has 1 aliphatic rings. The topological polar surface area (TPSA) is 62.2 Å². The lowest BCUT2D eigenvalue weighted by Crippen LogP contribution is -2.42. The highest BCUT2D eigenvalue weighted by atomic mass is 32.2. The zero-order chi connectivity index (χ0) is 16.2. The lowest BCUT2D eigenvalue weighted by Gasteiger charge is -2.38. The van der Waals surface area contributed by atoms with Gasteiger partial charge in [0.25, 0.3) is 0 Å². The average molecular weight is 330 g/mol. The van der Waals surface area contributed by atoms with Crippen LogP contribution in [0.5, 0.6) is 0 Å². The molecule has 1 aliphatic carbocycles. The molecule has 5 heteroatoms. The molecule has 2 aromatic rings. The summed E-state index contributed by atoms with van der Waals surface area (Å²) in [5.41, 5.74) is 1.98. The van der Waals surface area contributed by atoms with E-state index < -0.39 is 0 Å². The Kier molecular flexibility index (Phi) is 5.18. The van der Waals surface area contributed by atoms with E-state index in [1.54, 1.807) is 11.8 Å². The van der Waals surface area contributed by atoms with Crippen molar-refractivity contribution in [3.05, 3.63) is 42.1 Å². The maximum atomic E-state index is 12.2. The van der Waals surface area contributed by atoms with Crippen molar-refractivity contribution in [1.29, 1.82) is 0 Å². The van der Waals surface area contributed by atoms with Gasteiger partial charge in [-0.1, -0.05) is 25.1 Å². The number of nitrogens with one attached hydrogen (secondary N) is 1. The van der Waals surface area contributed by atoms with Crippen LogP contribution in [0.3, 0.4) is 0 Å². The maximum Gasteiger partial charge on any atom is 0.230 e. The highest BCUT2D eigenvalue weighted by Gasteiger charge is 2.35. The molecule has 1 atom stereocenters. The first kappa shape index (κ1) is 16.3. The molecule has 0 bridgehead atoms. The number of nitrogens with zero attached hydrogens (tertiary/aromatic N) is 1. The summed E-state index contributed by atoms with van der Waals surface area (Å²) in [6.45, 7) is 2.05. The average Bonchev–Trinajstić information content (AvgIpc) is 2.55. The van der Waals surface area contributed by atoms with Gasteiger partial charge in [0.15, 0.2) is 0 Å². The van der Waals surface area contributed by atoms with Crippen LogP contribution < -0.4 is 5.32 Å². The van der Waals surface area contributed by atoms with E-state index >= 15 is 0 Å². The highest BCUT2D eigenvalue weighted by molar-refractivity contribution is 7.99. The molecule has 1 amide bonds. The number of fused-ring (bicyclic) bond motifs is 1. The van der Waals surface area contributed by atoms with Crippen LogP contribution in [-0.2, 0) is 4.79 Å². The van der Waals surface area contributed by atoms with E-state index in [1.807, 2.05) is 37.4 Å². The lowest BCUT2D eigenvalue weighted by molar-refractivity contribution is -0.120. The van der Waals surface area contributed by atoms with Crippen molar-refractivity contribution in [2.24, 2.45) is 5.92 Å². The van der Waals surface area contributed by atoms with E-state index in [9.17, 15) is 9.90 Å². The Morgan fingerprint density at radius 3 is 2.96 bits per heavy atom. The van der Waals surface area contributed by atoms with Crippen molar-refractivity contribution in [1.82, 2.24) is 10.3 Å². The van der Waals surface area contributed by atoms with Gasteiger partial charge in [-0.15, -0.1) is 0 Å². The van der Waals surface area contributed by atoms with Gasteiger partial charge in [-0.2, -0.15) is 11.8 Å². The van der Waals surface area contributed by atoms with Gasteiger partial charge in [0.05, 0.1) is 23.4 Å². The number of rotatable bonds is 6. The molecular formula is C18H22N2O2S. The summed E-state index contributed by atoms with van der Waals surface area (Å²) in [6.07, 6.45) is 3.08. The van der Waals surface area contributed by atoms with Crippen molar-refractivity contribution < 1.29 is 9.90 Å². The number of amides is 1. The van der Waals surface area contributed by atoms with Gasteiger partial charge in [0.1, 0.15) is 0 Å². The van der Waals surface area contributed by atoms with Gasteiger partial charge in [0.2, 0.25) is 5.91 Å². The Bertz CT molecular complexity index is 686. The van der Waals surface area contributed by atoms with Crippen molar-refractivity contribution in [3.63, 3.8) is 0 Å². The second kappa shape index (κ2) is 7.32. The lowest BCUT2D eigenvalue weighted by atomic mass is 9.75. The number of thioether (sulfide) groups is 1. The van der Waals surface area contributed by atoms with Crippen LogP contribution in [0.15, 0.2) is 36.5 Å². The summed E-state index contributed by atoms with van der Waals surface area (Å²) in [6, 6.07) is 10.0. The van der Waals surface area contributed by atoms with Gasteiger partial charge < -0.3 is 10.4 Å². The van der Waals surface area contributed by atoms with E-state index in [-0.39, 0.29) is 24.0 Å². The van der Waals surface area contributed by atoms with Crippen molar-refractivity contribution in [2.45, 2.75) is 31.9 Å². The zero-order valence-corrected chi connectivity index (χ0v) is 14.1. The van der Waals surface area contributed by atoms with Gasteiger partial charge in [-0.25, -0.2) is 0 Å². The third-order valence-electron chi connectivity index (χ3n) is 4.35. The quantitative estimate of drug-likeness (QED) is 0.855. The number of carbonyl (C=O) groups is 1. The molecule has 1 heterocycles. The van der Waals surface area contributed by atoms with Crippen molar-refractivity contribution >= 4 is 28.6 Å². The molecule has 1 saturated carbocycles. The number of hydrogen-bond acceptors (Lipinski definition) is 4.